The number of para-hydroxylation sites is 1. The number of fused-ring (bicyclic) bond motifs is 1. The summed E-state index contributed by atoms with van der Waals surface area (Å²) in [5.74, 6) is 0. The van der Waals surface area contributed by atoms with E-state index in [4.69, 9.17) is 11.0 Å². The van der Waals surface area contributed by atoms with Gasteiger partial charge in [0.25, 0.3) is 0 Å². The largest absolute Gasteiger partial charge is 0.350 e. The number of aromatic nitrogens is 1. The number of nitriles is 1. The third kappa shape index (κ3) is 1.17. The smallest absolute Gasteiger partial charge is 0.120 e. The average molecular weight is 185 g/mol. The summed E-state index contributed by atoms with van der Waals surface area (Å²) in [4.78, 5) is 0. The van der Waals surface area contributed by atoms with Crippen LogP contribution in [-0.4, -0.2) is 4.57 Å². The summed E-state index contributed by atoms with van der Waals surface area (Å²) >= 11 is 0. The van der Waals surface area contributed by atoms with E-state index >= 15 is 0 Å². The van der Waals surface area contributed by atoms with Gasteiger partial charge in [-0.2, -0.15) is 5.26 Å². The Morgan fingerprint density at radius 2 is 2.14 bits per heavy atom. The molecular weight excluding hydrogens is 174 g/mol. The van der Waals surface area contributed by atoms with Gasteiger partial charge in [0.15, 0.2) is 0 Å². The lowest BCUT2D eigenvalue weighted by atomic mass is 10.1. The van der Waals surface area contributed by atoms with Crippen LogP contribution in [0.15, 0.2) is 30.5 Å². The van der Waals surface area contributed by atoms with Gasteiger partial charge in [0.05, 0.1) is 6.07 Å². The monoisotopic (exact) mass is 185 g/mol. The minimum atomic E-state index is -0.541. The van der Waals surface area contributed by atoms with E-state index in [0.29, 0.717) is 0 Å². The lowest BCUT2D eigenvalue weighted by molar-refractivity contribution is 0.901. The van der Waals surface area contributed by atoms with E-state index in [2.05, 4.69) is 6.07 Å². The molecular formula is C11H11N3. The number of nitrogens with zero attached hydrogens (tertiary/aromatic N) is 2. The van der Waals surface area contributed by atoms with Gasteiger partial charge in [-0.25, -0.2) is 0 Å². The molecule has 0 amide bonds. The number of rotatable bonds is 1. The highest BCUT2D eigenvalue weighted by Crippen LogP contribution is 2.24. The van der Waals surface area contributed by atoms with Crippen LogP contribution >= 0.6 is 0 Å². The van der Waals surface area contributed by atoms with Crippen molar-refractivity contribution in [2.45, 2.75) is 6.04 Å². The maximum Gasteiger partial charge on any atom is 0.120 e. The van der Waals surface area contributed by atoms with Crippen molar-refractivity contribution in [3.05, 3.63) is 36.0 Å². The van der Waals surface area contributed by atoms with Gasteiger partial charge in [-0.05, 0) is 6.07 Å². The van der Waals surface area contributed by atoms with Gasteiger partial charge in [-0.1, -0.05) is 18.2 Å². The maximum atomic E-state index is 8.77. The van der Waals surface area contributed by atoms with Crippen molar-refractivity contribution in [1.82, 2.24) is 4.57 Å². The quantitative estimate of drug-likeness (QED) is 0.735. The minimum absolute atomic E-state index is 0.541. The molecule has 0 unspecified atom stereocenters. The zero-order chi connectivity index (χ0) is 10.1. The zero-order valence-corrected chi connectivity index (χ0v) is 7.94. The molecule has 70 valence electrons. The second-order valence-electron chi connectivity index (χ2n) is 3.32. The van der Waals surface area contributed by atoms with Gasteiger partial charge in [0.2, 0.25) is 0 Å². The van der Waals surface area contributed by atoms with Crippen molar-refractivity contribution in [1.29, 1.82) is 5.26 Å². The Balaban J connectivity index is 2.74. The number of aryl methyl sites for hydroxylation is 1. The summed E-state index contributed by atoms with van der Waals surface area (Å²) < 4.78 is 1.99. The lowest BCUT2D eigenvalue weighted by Crippen LogP contribution is -2.06. The van der Waals surface area contributed by atoms with Crippen molar-refractivity contribution in [3.63, 3.8) is 0 Å². The fourth-order valence-corrected chi connectivity index (χ4v) is 1.69. The summed E-state index contributed by atoms with van der Waals surface area (Å²) in [5, 5.41) is 9.83. The third-order valence-electron chi connectivity index (χ3n) is 2.40. The summed E-state index contributed by atoms with van der Waals surface area (Å²) in [6.07, 6.45) is 1.92. The molecule has 2 rings (SSSR count). The van der Waals surface area contributed by atoms with Gasteiger partial charge >= 0.3 is 0 Å². The molecule has 0 bridgehead atoms. The third-order valence-corrected chi connectivity index (χ3v) is 2.40. The van der Waals surface area contributed by atoms with Gasteiger partial charge in [0.1, 0.15) is 6.04 Å². The Bertz CT molecular complexity index is 505. The topological polar surface area (TPSA) is 54.7 Å². The van der Waals surface area contributed by atoms with Crippen LogP contribution in [-0.2, 0) is 7.05 Å². The van der Waals surface area contributed by atoms with E-state index in [1.165, 1.54) is 0 Å². The summed E-state index contributed by atoms with van der Waals surface area (Å²) in [6.45, 7) is 0. The Morgan fingerprint density at radius 1 is 1.43 bits per heavy atom. The average Bonchev–Trinajstić information content (AvgIpc) is 2.56. The fraction of sp³-hybridized carbons (Fsp3) is 0.182. The molecule has 0 saturated heterocycles. The molecule has 0 aliphatic rings. The van der Waals surface area contributed by atoms with Crippen LogP contribution in [0.3, 0.4) is 0 Å². The Hall–Kier alpha value is -1.79. The minimum Gasteiger partial charge on any atom is -0.350 e. The van der Waals surface area contributed by atoms with Crippen molar-refractivity contribution in [2.24, 2.45) is 12.8 Å². The van der Waals surface area contributed by atoms with Gasteiger partial charge in [-0.3, -0.25) is 0 Å². The molecule has 3 nitrogen and oxygen atoms in total. The Kier molecular flexibility index (Phi) is 1.99. The van der Waals surface area contributed by atoms with Gasteiger partial charge < -0.3 is 10.3 Å². The second-order valence-corrected chi connectivity index (χ2v) is 3.32. The van der Waals surface area contributed by atoms with E-state index in [1.54, 1.807) is 0 Å². The zero-order valence-electron chi connectivity index (χ0n) is 7.94. The van der Waals surface area contributed by atoms with Crippen LogP contribution in [0, 0.1) is 11.3 Å². The van der Waals surface area contributed by atoms with E-state index in [0.717, 1.165) is 16.5 Å². The van der Waals surface area contributed by atoms with Crippen LogP contribution in [0.2, 0.25) is 0 Å². The summed E-state index contributed by atoms with van der Waals surface area (Å²) in [6, 6.07) is 9.45. The SMILES string of the molecule is Cn1cc([C@@H](N)C#N)c2ccccc21. The first kappa shape index (κ1) is 8.79. The number of hydrogen-bond donors (Lipinski definition) is 1. The van der Waals surface area contributed by atoms with Crippen molar-refractivity contribution in [3.8, 4) is 6.07 Å². The number of benzene rings is 1. The van der Waals surface area contributed by atoms with E-state index in [-0.39, 0.29) is 0 Å². The van der Waals surface area contributed by atoms with Crippen LogP contribution in [0.25, 0.3) is 10.9 Å². The first-order chi connectivity index (χ1) is 6.74. The molecule has 2 aromatic rings. The Labute approximate surface area is 82.4 Å². The molecule has 0 aliphatic heterocycles. The van der Waals surface area contributed by atoms with E-state index in [9.17, 15) is 0 Å². The molecule has 0 aliphatic carbocycles. The molecule has 0 saturated carbocycles. The van der Waals surface area contributed by atoms with Crippen LogP contribution in [0.4, 0.5) is 0 Å². The Morgan fingerprint density at radius 3 is 2.86 bits per heavy atom. The van der Waals surface area contributed by atoms with Crippen LogP contribution in [0.5, 0.6) is 0 Å². The molecule has 1 heterocycles. The lowest BCUT2D eigenvalue weighted by Gasteiger charge is -1.98. The molecule has 14 heavy (non-hydrogen) atoms. The second kappa shape index (κ2) is 3.17. The molecule has 2 N–H and O–H groups in total. The molecule has 0 spiro atoms. The molecule has 0 fully saturated rings. The first-order valence-electron chi connectivity index (χ1n) is 4.43. The number of nitrogens with two attached hydrogens (primary N) is 1. The van der Waals surface area contributed by atoms with Gasteiger partial charge in [0, 0.05) is 29.7 Å². The predicted molar refractivity (Wildman–Crippen MR) is 55.5 cm³/mol. The normalized spacial score (nSPS) is 12.6. The van der Waals surface area contributed by atoms with Crippen molar-refractivity contribution >= 4 is 10.9 Å². The molecule has 3 heteroatoms. The van der Waals surface area contributed by atoms with Crippen LogP contribution in [0.1, 0.15) is 11.6 Å². The van der Waals surface area contributed by atoms with E-state index < -0.39 is 6.04 Å². The molecule has 1 aromatic heterocycles. The summed E-state index contributed by atoms with van der Waals surface area (Å²) in [5.41, 5.74) is 7.70. The summed E-state index contributed by atoms with van der Waals surface area (Å²) in [7, 11) is 1.95. The van der Waals surface area contributed by atoms with Gasteiger partial charge in [-0.15, -0.1) is 0 Å². The standard InChI is InChI=1S/C11H11N3/c1-14-7-9(10(13)6-12)8-4-2-3-5-11(8)14/h2-5,7,10H,13H2,1H3/t10-/m0/s1. The van der Waals surface area contributed by atoms with Crippen molar-refractivity contribution in [2.75, 3.05) is 0 Å². The van der Waals surface area contributed by atoms with Crippen molar-refractivity contribution < 1.29 is 0 Å². The predicted octanol–water partition coefficient (Wildman–Crippen LogP) is 1.70. The highest BCUT2D eigenvalue weighted by Gasteiger charge is 2.11. The first-order valence-corrected chi connectivity index (χ1v) is 4.43. The van der Waals surface area contributed by atoms with E-state index in [1.807, 2.05) is 42.1 Å². The maximum absolute atomic E-state index is 8.77. The highest BCUT2D eigenvalue weighted by atomic mass is 14.9. The molecule has 0 radical (unpaired) electrons. The molecule has 1 aromatic carbocycles. The highest BCUT2D eigenvalue weighted by molar-refractivity contribution is 5.84. The van der Waals surface area contributed by atoms with Crippen LogP contribution < -0.4 is 5.73 Å². The fourth-order valence-electron chi connectivity index (χ4n) is 1.69. The molecule has 1 atom stereocenters. The number of hydrogen-bond acceptors (Lipinski definition) is 2.